The van der Waals surface area contributed by atoms with Gasteiger partial charge in [0.2, 0.25) is 5.91 Å². The maximum Gasteiger partial charge on any atom is 0.267 e. The van der Waals surface area contributed by atoms with Gasteiger partial charge >= 0.3 is 0 Å². The van der Waals surface area contributed by atoms with Crippen LogP contribution in [0.2, 0.25) is 0 Å². The lowest BCUT2D eigenvalue weighted by Crippen LogP contribution is -2.46. The third kappa shape index (κ3) is 34.2. The molecule has 0 radical (unpaired) electrons. The first kappa shape index (κ1) is 44.1. The molecule has 7 heteroatoms. The number of hydrogen-bond acceptors (Lipinski definition) is 4. The molecule has 0 aromatic carbocycles. The van der Waals surface area contributed by atoms with E-state index >= 15 is 0 Å². The molecule has 3 N–H and O–H groups in total. The highest BCUT2D eigenvalue weighted by molar-refractivity contribution is 7.85. The molecule has 1 amide bonds. The Bertz CT molecular complexity index is 770. The second-order valence-electron chi connectivity index (χ2n) is 13.6. The van der Waals surface area contributed by atoms with Gasteiger partial charge in [0.1, 0.15) is 0 Å². The number of aliphatic hydroxyl groups is 1. The lowest BCUT2D eigenvalue weighted by atomic mass is 10.0. The topological polar surface area (TPSA) is 104 Å². The van der Waals surface area contributed by atoms with Crippen LogP contribution in [0.4, 0.5) is 0 Å². The summed E-state index contributed by atoms with van der Waals surface area (Å²) in [7, 11) is -4.33. The molecular formula is C38H75NO5S. The molecule has 45 heavy (non-hydrogen) atoms. The predicted octanol–water partition coefficient (Wildman–Crippen LogP) is 11.0. The minimum atomic E-state index is -4.33. The van der Waals surface area contributed by atoms with Gasteiger partial charge in [0.15, 0.2) is 0 Å². The molecule has 2 atom stereocenters. The number of amides is 1. The van der Waals surface area contributed by atoms with Crippen LogP contribution in [0.3, 0.4) is 0 Å². The quantitative estimate of drug-likeness (QED) is 0.0357. The van der Waals surface area contributed by atoms with E-state index in [2.05, 4.69) is 19.2 Å². The summed E-state index contributed by atoms with van der Waals surface area (Å²) in [6.07, 6.45) is 39.0. The van der Waals surface area contributed by atoms with Crippen molar-refractivity contribution in [2.75, 3.05) is 5.75 Å². The molecule has 0 bridgehead atoms. The molecule has 6 nitrogen and oxygen atoms in total. The molecule has 2 unspecified atom stereocenters. The van der Waals surface area contributed by atoms with Crippen LogP contribution >= 0.6 is 0 Å². The van der Waals surface area contributed by atoms with E-state index in [-0.39, 0.29) is 5.91 Å². The van der Waals surface area contributed by atoms with Crippen molar-refractivity contribution in [1.29, 1.82) is 0 Å². The van der Waals surface area contributed by atoms with Gasteiger partial charge < -0.3 is 10.4 Å². The molecule has 0 saturated heterocycles. The summed E-state index contributed by atoms with van der Waals surface area (Å²) in [5, 5.41) is 13.2. The summed E-state index contributed by atoms with van der Waals surface area (Å²) in [5.41, 5.74) is 0. The summed E-state index contributed by atoms with van der Waals surface area (Å²) >= 11 is 0. The van der Waals surface area contributed by atoms with E-state index in [1.165, 1.54) is 148 Å². The highest BCUT2D eigenvalue weighted by Crippen LogP contribution is 2.15. The maximum atomic E-state index is 12.5. The number of carbonyl (C=O) groups is 1. The van der Waals surface area contributed by atoms with Crippen LogP contribution in [-0.4, -0.2) is 41.9 Å². The Morgan fingerprint density at radius 3 is 1.27 bits per heavy atom. The van der Waals surface area contributed by atoms with E-state index in [1.807, 2.05) is 6.08 Å². The number of allylic oxidation sites excluding steroid dienone is 1. The van der Waals surface area contributed by atoms with E-state index in [0.717, 1.165) is 38.5 Å². The monoisotopic (exact) mass is 658 g/mol. The van der Waals surface area contributed by atoms with Crippen LogP contribution in [0.25, 0.3) is 0 Å². The van der Waals surface area contributed by atoms with E-state index in [9.17, 15) is 22.9 Å². The first-order valence-electron chi connectivity index (χ1n) is 19.4. The number of unbranched alkanes of at least 4 members (excludes halogenated alkanes) is 27. The Balaban J connectivity index is 3.93. The number of nitrogens with one attached hydrogen (secondary N) is 1. The van der Waals surface area contributed by atoms with Crippen LogP contribution in [0.15, 0.2) is 12.2 Å². The van der Waals surface area contributed by atoms with Gasteiger partial charge in [-0.3, -0.25) is 9.35 Å². The van der Waals surface area contributed by atoms with Gasteiger partial charge in [-0.25, -0.2) is 0 Å². The minimum absolute atomic E-state index is 0.276. The van der Waals surface area contributed by atoms with Crippen LogP contribution in [0, 0.1) is 0 Å². The van der Waals surface area contributed by atoms with Gasteiger partial charge in [-0.1, -0.05) is 193 Å². The van der Waals surface area contributed by atoms with Gasteiger partial charge in [-0.15, -0.1) is 0 Å². The van der Waals surface area contributed by atoms with Gasteiger partial charge in [0, 0.05) is 6.42 Å². The number of carbonyl (C=O) groups excluding carboxylic acids is 1. The van der Waals surface area contributed by atoms with Crippen molar-refractivity contribution < 1.29 is 22.9 Å². The van der Waals surface area contributed by atoms with Crippen molar-refractivity contribution in [2.24, 2.45) is 0 Å². The standard InChI is InChI=1S/C38H75NO5S/c1-3-5-7-9-11-13-15-17-19-20-21-23-25-27-29-31-33-37(40)36(35-45(42,43)44)39-38(41)34-32-30-28-26-24-22-18-16-14-12-10-8-6-4-2/h31,33,36-37,40H,3-30,32,34-35H2,1-2H3,(H,39,41)(H,42,43,44)/b33-31+. The Morgan fingerprint density at radius 1 is 0.578 bits per heavy atom. The smallest absolute Gasteiger partial charge is 0.267 e. The minimum Gasteiger partial charge on any atom is -0.387 e. The van der Waals surface area contributed by atoms with Crippen LogP contribution in [0.1, 0.15) is 206 Å². The van der Waals surface area contributed by atoms with Crippen molar-refractivity contribution in [3.63, 3.8) is 0 Å². The molecule has 268 valence electrons. The zero-order chi connectivity index (χ0) is 33.3. The molecule has 0 aliphatic rings. The molecule has 0 aromatic rings. The van der Waals surface area contributed by atoms with Gasteiger partial charge in [0.25, 0.3) is 10.1 Å². The molecule has 0 aliphatic heterocycles. The third-order valence-corrected chi connectivity index (χ3v) is 9.74. The van der Waals surface area contributed by atoms with Crippen LogP contribution in [0.5, 0.6) is 0 Å². The van der Waals surface area contributed by atoms with Gasteiger partial charge in [0.05, 0.1) is 17.9 Å². The number of aliphatic hydroxyl groups excluding tert-OH is 1. The fourth-order valence-electron chi connectivity index (χ4n) is 6.04. The van der Waals surface area contributed by atoms with Crippen LogP contribution < -0.4 is 5.32 Å². The van der Waals surface area contributed by atoms with Gasteiger partial charge in [-0.05, 0) is 19.3 Å². The average molecular weight is 658 g/mol. The fraction of sp³-hybridized carbons (Fsp3) is 0.921. The molecule has 0 rings (SSSR count). The van der Waals surface area contributed by atoms with E-state index in [1.54, 1.807) is 6.08 Å². The number of rotatable bonds is 35. The van der Waals surface area contributed by atoms with Crippen molar-refractivity contribution >= 4 is 16.0 Å². The second kappa shape index (κ2) is 33.0. The first-order valence-corrected chi connectivity index (χ1v) is 21.0. The SMILES string of the molecule is CCCCCCCCCCCCCCCC/C=C/C(O)C(CS(=O)(=O)O)NC(=O)CCCCCCCCCCCCCCCC. The van der Waals surface area contributed by atoms with Crippen molar-refractivity contribution in [3.05, 3.63) is 12.2 Å². The zero-order valence-electron chi connectivity index (χ0n) is 29.8. The molecule has 0 saturated carbocycles. The Kier molecular flexibility index (Phi) is 32.3. The van der Waals surface area contributed by atoms with Crippen LogP contribution in [-0.2, 0) is 14.9 Å². The fourth-order valence-corrected chi connectivity index (χ4v) is 6.77. The van der Waals surface area contributed by atoms with Crippen molar-refractivity contribution in [3.8, 4) is 0 Å². The lowest BCUT2D eigenvalue weighted by Gasteiger charge is -2.21. The summed E-state index contributed by atoms with van der Waals surface area (Å²) in [4.78, 5) is 12.5. The summed E-state index contributed by atoms with van der Waals surface area (Å²) in [6.45, 7) is 4.52. The highest BCUT2D eigenvalue weighted by Gasteiger charge is 2.24. The molecule has 0 aliphatic carbocycles. The molecule has 0 spiro atoms. The molecule has 0 fully saturated rings. The highest BCUT2D eigenvalue weighted by atomic mass is 32.2. The normalized spacial score (nSPS) is 13.4. The average Bonchev–Trinajstić information content (AvgIpc) is 3.00. The molecule has 0 aromatic heterocycles. The Morgan fingerprint density at radius 2 is 0.911 bits per heavy atom. The maximum absolute atomic E-state index is 12.5. The first-order chi connectivity index (χ1) is 21.8. The summed E-state index contributed by atoms with van der Waals surface area (Å²) in [6, 6.07) is -1.05. The Labute approximate surface area is 280 Å². The largest absolute Gasteiger partial charge is 0.387 e. The second-order valence-corrected chi connectivity index (χ2v) is 15.1. The van der Waals surface area contributed by atoms with E-state index < -0.39 is 28.0 Å². The Hall–Kier alpha value is -0.920. The predicted molar refractivity (Wildman–Crippen MR) is 193 cm³/mol. The zero-order valence-corrected chi connectivity index (χ0v) is 30.6. The molecule has 0 heterocycles. The summed E-state index contributed by atoms with van der Waals surface area (Å²) in [5.74, 6) is -0.969. The summed E-state index contributed by atoms with van der Waals surface area (Å²) < 4.78 is 32.4. The van der Waals surface area contributed by atoms with Crippen molar-refractivity contribution in [1.82, 2.24) is 5.32 Å². The third-order valence-electron chi connectivity index (χ3n) is 8.96. The van der Waals surface area contributed by atoms with Gasteiger partial charge in [-0.2, -0.15) is 8.42 Å². The number of hydrogen-bond donors (Lipinski definition) is 3. The van der Waals surface area contributed by atoms with E-state index in [4.69, 9.17) is 0 Å². The van der Waals surface area contributed by atoms with E-state index in [0.29, 0.717) is 6.42 Å². The lowest BCUT2D eigenvalue weighted by molar-refractivity contribution is -0.122. The van der Waals surface area contributed by atoms with Crippen molar-refractivity contribution in [2.45, 2.75) is 219 Å². The molecular weight excluding hydrogens is 582 g/mol.